The summed E-state index contributed by atoms with van der Waals surface area (Å²) in [7, 11) is 0. The van der Waals surface area contributed by atoms with Crippen LogP contribution >= 0.6 is 0 Å². The van der Waals surface area contributed by atoms with Crippen molar-refractivity contribution in [3.63, 3.8) is 0 Å². The molecule has 29 heavy (non-hydrogen) atoms. The van der Waals surface area contributed by atoms with E-state index in [-0.39, 0.29) is 1.43 Å². The number of fused-ring (bicyclic) bond motifs is 2. The zero-order valence-corrected chi connectivity index (χ0v) is 16.2. The van der Waals surface area contributed by atoms with E-state index in [1.54, 1.807) is 10.7 Å². The third-order valence-electron chi connectivity index (χ3n) is 5.19. The maximum Gasteiger partial charge on any atom is 0.231 e. The average Bonchev–Trinajstić information content (AvgIpc) is 3.37. The highest BCUT2D eigenvalue weighted by atomic mass is 16.5. The van der Waals surface area contributed by atoms with Crippen LogP contribution in [0.3, 0.4) is 0 Å². The number of hydrogen-bond donors (Lipinski definition) is 1. The van der Waals surface area contributed by atoms with Gasteiger partial charge < -0.3 is 19.2 Å². The fraction of sp³-hybridized carbons (Fsp3) is 0.364. The van der Waals surface area contributed by atoms with E-state index in [9.17, 15) is 0 Å². The molecule has 1 unspecified atom stereocenters. The Morgan fingerprint density at radius 1 is 1.21 bits per heavy atom. The monoisotopic (exact) mass is 394 g/mol. The van der Waals surface area contributed by atoms with Crippen molar-refractivity contribution in [2.24, 2.45) is 0 Å². The Labute approximate surface area is 170 Å². The Bertz CT molecular complexity index is 1070. The number of furan rings is 1. The highest BCUT2D eigenvalue weighted by molar-refractivity contribution is 5.82. The zero-order valence-electron chi connectivity index (χ0n) is 16.2. The lowest BCUT2D eigenvalue weighted by Crippen LogP contribution is -2.38. The van der Waals surface area contributed by atoms with Gasteiger partial charge in [0.25, 0.3) is 0 Å². The Balaban J connectivity index is 0.00000218. The molecular formula is C22H26N4O3. The minimum Gasteiger partial charge on any atom is -0.477 e. The van der Waals surface area contributed by atoms with Gasteiger partial charge in [-0.2, -0.15) is 0 Å². The van der Waals surface area contributed by atoms with E-state index in [1.165, 1.54) is 0 Å². The van der Waals surface area contributed by atoms with Crippen LogP contribution in [-0.2, 0) is 4.74 Å². The lowest BCUT2D eigenvalue weighted by molar-refractivity contribution is 0.0216. The third kappa shape index (κ3) is 3.97. The van der Waals surface area contributed by atoms with Crippen LogP contribution in [-0.4, -0.2) is 47.0 Å². The molecule has 0 amide bonds. The molecule has 4 heterocycles. The van der Waals surface area contributed by atoms with Gasteiger partial charge in [-0.1, -0.05) is 18.2 Å². The number of aromatic nitrogens is 3. The van der Waals surface area contributed by atoms with E-state index in [0.717, 1.165) is 67.0 Å². The van der Waals surface area contributed by atoms with Gasteiger partial charge in [-0.15, -0.1) is 5.10 Å². The fourth-order valence-electron chi connectivity index (χ4n) is 3.67. The van der Waals surface area contributed by atoms with Crippen LogP contribution in [0, 0.1) is 0 Å². The second-order valence-corrected chi connectivity index (χ2v) is 7.27. The maximum absolute atomic E-state index is 5.97. The molecule has 1 atom stereocenters. The van der Waals surface area contributed by atoms with Gasteiger partial charge in [-0.25, -0.2) is 9.50 Å². The van der Waals surface area contributed by atoms with E-state index >= 15 is 0 Å². The van der Waals surface area contributed by atoms with Crippen molar-refractivity contribution in [2.45, 2.75) is 25.4 Å². The second-order valence-electron chi connectivity index (χ2n) is 7.27. The van der Waals surface area contributed by atoms with Gasteiger partial charge in [0.2, 0.25) is 5.88 Å². The summed E-state index contributed by atoms with van der Waals surface area (Å²) >= 11 is 0. The predicted octanol–water partition coefficient (Wildman–Crippen LogP) is 3.93. The molecule has 1 aromatic carbocycles. The molecule has 0 bridgehead atoms. The first-order chi connectivity index (χ1) is 14.4. The van der Waals surface area contributed by atoms with Crippen LogP contribution in [0.4, 0.5) is 0 Å². The average molecular weight is 394 g/mol. The SMILES string of the molecule is [HH].c1ccc2oc(-c3cnc4ccc(OCCCCC5CNCCO5)nn34)cc2c1. The van der Waals surface area contributed by atoms with E-state index < -0.39 is 0 Å². The molecule has 1 aliphatic heterocycles. The minimum atomic E-state index is 0. The highest BCUT2D eigenvalue weighted by Gasteiger charge is 2.14. The summed E-state index contributed by atoms with van der Waals surface area (Å²) in [6, 6.07) is 13.7. The predicted molar refractivity (Wildman–Crippen MR) is 112 cm³/mol. The Morgan fingerprint density at radius 2 is 2.17 bits per heavy atom. The second kappa shape index (κ2) is 8.23. The van der Waals surface area contributed by atoms with E-state index in [0.29, 0.717) is 18.6 Å². The summed E-state index contributed by atoms with van der Waals surface area (Å²) in [6.07, 6.45) is 5.21. The molecule has 0 spiro atoms. The molecule has 3 aromatic heterocycles. The largest absolute Gasteiger partial charge is 0.477 e. The van der Waals surface area contributed by atoms with E-state index in [1.807, 2.05) is 42.5 Å². The molecule has 7 nitrogen and oxygen atoms in total. The molecule has 1 aliphatic rings. The Hall–Kier alpha value is -2.90. The van der Waals surface area contributed by atoms with Crippen molar-refractivity contribution < 1.29 is 15.3 Å². The summed E-state index contributed by atoms with van der Waals surface area (Å²) in [4.78, 5) is 4.43. The van der Waals surface area contributed by atoms with E-state index in [4.69, 9.17) is 13.9 Å². The number of imidazole rings is 1. The quantitative estimate of drug-likeness (QED) is 0.479. The fourth-order valence-corrected chi connectivity index (χ4v) is 3.67. The van der Waals surface area contributed by atoms with Crippen molar-refractivity contribution in [1.29, 1.82) is 0 Å². The molecule has 4 aromatic rings. The number of rotatable bonds is 7. The number of hydrogen-bond acceptors (Lipinski definition) is 6. The first-order valence-corrected chi connectivity index (χ1v) is 10.2. The van der Waals surface area contributed by atoms with Crippen molar-refractivity contribution in [1.82, 2.24) is 19.9 Å². The Kier molecular flexibility index (Phi) is 5.15. The van der Waals surface area contributed by atoms with Crippen LogP contribution in [0.5, 0.6) is 5.88 Å². The molecule has 5 rings (SSSR count). The van der Waals surface area contributed by atoms with Gasteiger partial charge in [-0.05, 0) is 37.5 Å². The summed E-state index contributed by atoms with van der Waals surface area (Å²) in [6.45, 7) is 3.35. The molecule has 1 saturated heterocycles. The smallest absolute Gasteiger partial charge is 0.231 e. The van der Waals surface area contributed by atoms with Crippen LogP contribution in [0.1, 0.15) is 20.7 Å². The van der Waals surface area contributed by atoms with Crippen LogP contribution in [0.25, 0.3) is 28.1 Å². The molecule has 7 heteroatoms. The summed E-state index contributed by atoms with van der Waals surface area (Å²) in [5.41, 5.74) is 2.42. The molecule has 0 saturated carbocycles. The first kappa shape index (κ1) is 18.1. The molecule has 1 N–H and O–H groups in total. The maximum atomic E-state index is 5.97. The van der Waals surface area contributed by atoms with Gasteiger partial charge in [0.05, 0.1) is 25.5 Å². The molecule has 152 valence electrons. The van der Waals surface area contributed by atoms with Gasteiger partial charge in [0, 0.05) is 26.0 Å². The third-order valence-corrected chi connectivity index (χ3v) is 5.19. The van der Waals surface area contributed by atoms with Gasteiger partial charge in [0.15, 0.2) is 11.4 Å². The van der Waals surface area contributed by atoms with Gasteiger partial charge in [0.1, 0.15) is 11.3 Å². The van der Waals surface area contributed by atoms with Gasteiger partial charge >= 0.3 is 0 Å². The van der Waals surface area contributed by atoms with Crippen LogP contribution in [0.15, 0.2) is 53.1 Å². The van der Waals surface area contributed by atoms with Crippen molar-refractivity contribution in [3.8, 4) is 17.3 Å². The summed E-state index contributed by atoms with van der Waals surface area (Å²) in [5.74, 6) is 1.33. The lowest BCUT2D eigenvalue weighted by atomic mass is 10.1. The molecule has 0 aliphatic carbocycles. The standard InChI is InChI=1S/C22H24N4O3.H2/c1-2-7-19-16(5-1)13-20(29-19)18-15-24-21-8-9-22(25-26(18)21)28-11-4-3-6-17-14-23-10-12-27-17;/h1-2,5,7-9,13,15,17,23H,3-4,6,10-12,14H2;1H. The number of unbranched alkanes of at least 4 members (excludes halogenated alkanes) is 1. The van der Waals surface area contributed by atoms with Crippen LogP contribution < -0.4 is 10.1 Å². The molecule has 1 fully saturated rings. The lowest BCUT2D eigenvalue weighted by Gasteiger charge is -2.23. The number of para-hydroxylation sites is 1. The topological polar surface area (TPSA) is 73.8 Å². The Morgan fingerprint density at radius 3 is 3.07 bits per heavy atom. The van der Waals surface area contributed by atoms with Crippen molar-refractivity contribution in [3.05, 3.63) is 48.7 Å². The highest BCUT2D eigenvalue weighted by Crippen LogP contribution is 2.28. The van der Waals surface area contributed by atoms with Crippen LogP contribution in [0.2, 0.25) is 0 Å². The number of nitrogens with zero attached hydrogens (tertiary/aromatic N) is 3. The number of benzene rings is 1. The first-order valence-electron chi connectivity index (χ1n) is 10.2. The number of nitrogens with one attached hydrogen (secondary N) is 1. The van der Waals surface area contributed by atoms with Crippen molar-refractivity contribution >= 4 is 16.6 Å². The summed E-state index contributed by atoms with van der Waals surface area (Å²) in [5, 5.41) is 9.02. The van der Waals surface area contributed by atoms with E-state index in [2.05, 4.69) is 15.4 Å². The minimum absolute atomic E-state index is 0. The van der Waals surface area contributed by atoms with Crippen molar-refractivity contribution in [2.75, 3.05) is 26.3 Å². The summed E-state index contributed by atoms with van der Waals surface area (Å²) < 4.78 is 19.3. The van der Waals surface area contributed by atoms with Gasteiger partial charge in [-0.3, -0.25) is 0 Å². The molecular weight excluding hydrogens is 368 g/mol. The normalized spacial score (nSPS) is 17.2. The number of ether oxygens (including phenoxy) is 2. The zero-order chi connectivity index (χ0) is 19.5. The number of morpholine rings is 1. The molecule has 0 radical (unpaired) electrons.